The van der Waals surface area contributed by atoms with E-state index < -0.39 is 0 Å². The van der Waals surface area contributed by atoms with E-state index >= 15 is 0 Å². The van der Waals surface area contributed by atoms with E-state index in [4.69, 9.17) is 0 Å². The Morgan fingerprint density at radius 1 is 1.15 bits per heavy atom. The van der Waals surface area contributed by atoms with Gasteiger partial charge < -0.3 is 10.2 Å². The summed E-state index contributed by atoms with van der Waals surface area (Å²) in [7, 11) is 0. The highest BCUT2D eigenvalue weighted by atomic mass is 19.1. The summed E-state index contributed by atoms with van der Waals surface area (Å²) in [4.78, 5) is 2.21. The molecule has 1 heterocycles. The fourth-order valence-electron chi connectivity index (χ4n) is 3.06. The molecule has 0 aromatic heterocycles. The quantitative estimate of drug-likeness (QED) is 0.893. The van der Waals surface area contributed by atoms with E-state index in [0.29, 0.717) is 6.04 Å². The third-order valence-corrected chi connectivity index (χ3v) is 4.48. The minimum Gasteiger partial charge on any atom is -0.369 e. The highest BCUT2D eigenvalue weighted by Gasteiger charge is 2.24. The Labute approximate surface area is 121 Å². The molecule has 110 valence electrons. The second kappa shape index (κ2) is 6.13. The van der Waals surface area contributed by atoms with Crippen LogP contribution in [0.2, 0.25) is 0 Å². The van der Waals surface area contributed by atoms with Gasteiger partial charge in [0.05, 0.1) is 5.69 Å². The molecule has 0 radical (unpaired) electrons. The highest BCUT2D eigenvalue weighted by molar-refractivity contribution is 5.49. The molecule has 1 N–H and O–H groups in total. The average Bonchev–Trinajstić information content (AvgIpc) is 3.25. The third-order valence-electron chi connectivity index (χ3n) is 4.48. The molecule has 1 saturated carbocycles. The Hall–Kier alpha value is -1.09. The highest BCUT2D eigenvalue weighted by Crippen LogP contribution is 2.28. The van der Waals surface area contributed by atoms with Crippen molar-refractivity contribution in [3.8, 4) is 0 Å². The van der Waals surface area contributed by atoms with E-state index in [-0.39, 0.29) is 11.9 Å². The van der Waals surface area contributed by atoms with Crippen LogP contribution in [0.4, 0.5) is 10.1 Å². The van der Waals surface area contributed by atoms with Gasteiger partial charge in [-0.3, -0.25) is 0 Å². The molecule has 2 fully saturated rings. The summed E-state index contributed by atoms with van der Waals surface area (Å²) in [5, 5.41) is 3.53. The van der Waals surface area contributed by atoms with Gasteiger partial charge in [0.15, 0.2) is 0 Å². The number of anilines is 1. The van der Waals surface area contributed by atoms with Crippen LogP contribution in [0, 0.1) is 5.82 Å². The SMILES string of the molecule is C[C@H](NC1CC1)c1ccc(N2CCCCCC2)c(F)c1. The van der Waals surface area contributed by atoms with Crippen molar-refractivity contribution >= 4 is 5.69 Å². The first-order valence-electron chi connectivity index (χ1n) is 8.04. The molecule has 0 unspecified atom stereocenters. The Bertz CT molecular complexity index is 448. The summed E-state index contributed by atoms with van der Waals surface area (Å²) < 4.78 is 14.4. The fourth-order valence-corrected chi connectivity index (χ4v) is 3.06. The minimum absolute atomic E-state index is 0.0613. The molecule has 0 amide bonds. The molecule has 1 aliphatic carbocycles. The summed E-state index contributed by atoms with van der Waals surface area (Å²) in [6, 6.07) is 6.68. The maximum absolute atomic E-state index is 14.4. The van der Waals surface area contributed by atoms with E-state index in [1.807, 2.05) is 6.07 Å². The van der Waals surface area contributed by atoms with Crippen molar-refractivity contribution in [3.63, 3.8) is 0 Å². The van der Waals surface area contributed by atoms with Crippen molar-refractivity contribution in [1.82, 2.24) is 5.32 Å². The molecular formula is C17H25FN2. The van der Waals surface area contributed by atoms with E-state index in [2.05, 4.69) is 23.2 Å². The van der Waals surface area contributed by atoms with Gasteiger partial charge in [0.2, 0.25) is 0 Å². The molecule has 1 saturated heterocycles. The summed E-state index contributed by atoms with van der Waals surface area (Å²) in [5.74, 6) is -0.0613. The first-order chi connectivity index (χ1) is 9.74. The first kappa shape index (κ1) is 13.9. The van der Waals surface area contributed by atoms with Gasteiger partial charge in [0, 0.05) is 25.2 Å². The molecule has 1 aromatic carbocycles. The van der Waals surface area contributed by atoms with Crippen molar-refractivity contribution < 1.29 is 4.39 Å². The lowest BCUT2D eigenvalue weighted by Gasteiger charge is -2.24. The topological polar surface area (TPSA) is 15.3 Å². The molecule has 3 heteroatoms. The summed E-state index contributed by atoms with van der Waals surface area (Å²) in [6.45, 7) is 4.11. The van der Waals surface area contributed by atoms with Crippen molar-refractivity contribution in [3.05, 3.63) is 29.6 Å². The lowest BCUT2D eigenvalue weighted by atomic mass is 10.1. The van der Waals surface area contributed by atoms with E-state index in [1.165, 1.54) is 38.5 Å². The normalized spacial score (nSPS) is 21.6. The number of nitrogens with one attached hydrogen (secondary N) is 1. The lowest BCUT2D eigenvalue weighted by Crippen LogP contribution is -2.25. The van der Waals surface area contributed by atoms with Gasteiger partial charge in [-0.05, 0) is 50.3 Å². The fraction of sp³-hybridized carbons (Fsp3) is 0.647. The van der Waals surface area contributed by atoms with Gasteiger partial charge in [-0.15, -0.1) is 0 Å². The molecule has 1 atom stereocenters. The molecule has 20 heavy (non-hydrogen) atoms. The minimum atomic E-state index is -0.0613. The number of benzene rings is 1. The second-order valence-electron chi connectivity index (χ2n) is 6.27. The van der Waals surface area contributed by atoms with Crippen LogP contribution in [-0.2, 0) is 0 Å². The molecule has 3 rings (SSSR count). The van der Waals surface area contributed by atoms with Crippen molar-refractivity contribution in [2.24, 2.45) is 0 Å². The zero-order valence-corrected chi connectivity index (χ0v) is 12.4. The van der Waals surface area contributed by atoms with Gasteiger partial charge >= 0.3 is 0 Å². The Morgan fingerprint density at radius 2 is 1.85 bits per heavy atom. The first-order valence-corrected chi connectivity index (χ1v) is 8.04. The Balaban J connectivity index is 1.72. The Morgan fingerprint density at radius 3 is 2.45 bits per heavy atom. The molecule has 2 nitrogen and oxygen atoms in total. The third kappa shape index (κ3) is 3.32. The van der Waals surface area contributed by atoms with Crippen molar-refractivity contribution in [1.29, 1.82) is 0 Å². The number of hydrogen-bond acceptors (Lipinski definition) is 2. The van der Waals surface area contributed by atoms with Crippen LogP contribution < -0.4 is 10.2 Å². The zero-order chi connectivity index (χ0) is 13.9. The smallest absolute Gasteiger partial charge is 0.146 e. The molecule has 2 aliphatic rings. The predicted molar refractivity (Wildman–Crippen MR) is 81.7 cm³/mol. The van der Waals surface area contributed by atoms with Gasteiger partial charge in [0.1, 0.15) is 5.82 Å². The average molecular weight is 276 g/mol. The van der Waals surface area contributed by atoms with E-state index in [1.54, 1.807) is 6.07 Å². The van der Waals surface area contributed by atoms with Crippen LogP contribution in [0.15, 0.2) is 18.2 Å². The number of rotatable bonds is 4. The number of nitrogens with zero attached hydrogens (tertiary/aromatic N) is 1. The van der Waals surface area contributed by atoms with Gasteiger partial charge in [0.25, 0.3) is 0 Å². The molecule has 0 bridgehead atoms. The van der Waals surface area contributed by atoms with Crippen molar-refractivity contribution in [2.45, 2.75) is 57.5 Å². The maximum atomic E-state index is 14.4. The van der Waals surface area contributed by atoms with E-state index in [9.17, 15) is 4.39 Å². The van der Waals surface area contributed by atoms with Crippen LogP contribution in [0.1, 0.15) is 57.1 Å². The summed E-state index contributed by atoms with van der Waals surface area (Å²) >= 11 is 0. The molecular weight excluding hydrogens is 251 g/mol. The monoisotopic (exact) mass is 276 g/mol. The van der Waals surface area contributed by atoms with Gasteiger partial charge in [-0.25, -0.2) is 4.39 Å². The summed E-state index contributed by atoms with van der Waals surface area (Å²) in [6.07, 6.45) is 7.44. The molecule has 1 aliphatic heterocycles. The van der Waals surface area contributed by atoms with Gasteiger partial charge in [-0.1, -0.05) is 18.9 Å². The van der Waals surface area contributed by atoms with Gasteiger partial charge in [-0.2, -0.15) is 0 Å². The lowest BCUT2D eigenvalue weighted by molar-refractivity contribution is 0.560. The standard InChI is InChI=1S/C17H25FN2/c1-13(19-15-7-8-15)14-6-9-17(16(18)12-14)20-10-4-2-3-5-11-20/h6,9,12-13,15,19H,2-5,7-8,10-11H2,1H3/t13-/m0/s1. The largest absolute Gasteiger partial charge is 0.369 e. The van der Waals surface area contributed by atoms with E-state index in [0.717, 1.165) is 24.3 Å². The number of halogens is 1. The number of hydrogen-bond donors (Lipinski definition) is 1. The molecule has 0 spiro atoms. The molecule has 1 aromatic rings. The zero-order valence-electron chi connectivity index (χ0n) is 12.4. The van der Waals surface area contributed by atoms with Crippen LogP contribution in [0.25, 0.3) is 0 Å². The van der Waals surface area contributed by atoms with Crippen molar-refractivity contribution in [2.75, 3.05) is 18.0 Å². The summed E-state index contributed by atoms with van der Waals surface area (Å²) in [5.41, 5.74) is 1.85. The van der Waals surface area contributed by atoms with Crippen LogP contribution in [0.5, 0.6) is 0 Å². The van der Waals surface area contributed by atoms with Crippen LogP contribution in [-0.4, -0.2) is 19.1 Å². The van der Waals surface area contributed by atoms with Crippen LogP contribution in [0.3, 0.4) is 0 Å². The second-order valence-corrected chi connectivity index (χ2v) is 6.27. The maximum Gasteiger partial charge on any atom is 0.146 e. The predicted octanol–water partition coefficient (Wildman–Crippen LogP) is 4.02. The Kier molecular flexibility index (Phi) is 4.25. The van der Waals surface area contributed by atoms with Crippen LogP contribution >= 0.6 is 0 Å².